The van der Waals surface area contributed by atoms with E-state index in [1.807, 2.05) is 17.9 Å². The average molecular weight is 409 g/mol. The van der Waals surface area contributed by atoms with Crippen molar-refractivity contribution in [3.8, 4) is 5.75 Å². The zero-order valence-corrected chi connectivity index (χ0v) is 17.5. The highest BCUT2D eigenvalue weighted by atomic mass is 16.5. The van der Waals surface area contributed by atoms with Gasteiger partial charge in [0.15, 0.2) is 0 Å². The van der Waals surface area contributed by atoms with Gasteiger partial charge in [-0.1, -0.05) is 11.2 Å². The number of carbonyl (C=O) groups excluding carboxylic acids is 1. The number of aromatic nitrogens is 2. The molecular formula is C23H27N3O4. The van der Waals surface area contributed by atoms with Crippen LogP contribution >= 0.6 is 0 Å². The van der Waals surface area contributed by atoms with Crippen molar-refractivity contribution < 1.29 is 18.8 Å². The lowest BCUT2D eigenvalue weighted by atomic mass is 10.1. The number of nitrogens with zero attached hydrogens (tertiary/aromatic N) is 3. The first-order valence-corrected chi connectivity index (χ1v) is 10.7. The molecule has 3 aromatic rings. The van der Waals surface area contributed by atoms with Gasteiger partial charge in [0.05, 0.1) is 23.9 Å². The van der Waals surface area contributed by atoms with Gasteiger partial charge < -0.3 is 23.5 Å². The summed E-state index contributed by atoms with van der Waals surface area (Å²) >= 11 is 0. The highest BCUT2D eigenvalue weighted by molar-refractivity contribution is 5.96. The molecule has 7 heteroatoms. The fourth-order valence-electron chi connectivity index (χ4n) is 4.63. The Kier molecular flexibility index (Phi) is 4.98. The van der Waals surface area contributed by atoms with Gasteiger partial charge in [0.2, 0.25) is 0 Å². The molecule has 0 aliphatic carbocycles. The predicted molar refractivity (Wildman–Crippen MR) is 112 cm³/mol. The molecule has 1 aromatic carbocycles. The van der Waals surface area contributed by atoms with Crippen molar-refractivity contribution in [3.63, 3.8) is 0 Å². The molecule has 0 N–H and O–H groups in total. The van der Waals surface area contributed by atoms with Crippen LogP contribution in [-0.2, 0) is 4.74 Å². The quantitative estimate of drug-likeness (QED) is 0.654. The number of benzene rings is 1. The second kappa shape index (κ2) is 7.80. The van der Waals surface area contributed by atoms with E-state index in [9.17, 15) is 4.79 Å². The first-order chi connectivity index (χ1) is 14.6. The molecule has 1 amide bonds. The molecule has 1 unspecified atom stereocenters. The molecule has 30 heavy (non-hydrogen) atoms. The van der Waals surface area contributed by atoms with Crippen LogP contribution in [0.2, 0.25) is 0 Å². The van der Waals surface area contributed by atoms with Gasteiger partial charge in [-0.05, 0) is 38.5 Å². The summed E-state index contributed by atoms with van der Waals surface area (Å²) in [5, 5.41) is 5.04. The smallest absolute Gasteiger partial charge is 0.259 e. The topological polar surface area (TPSA) is 69.7 Å². The summed E-state index contributed by atoms with van der Waals surface area (Å²) in [6, 6.07) is 8.78. The Morgan fingerprint density at radius 1 is 1.17 bits per heavy atom. The molecule has 4 heterocycles. The Bertz CT molecular complexity index is 1040. The van der Waals surface area contributed by atoms with E-state index in [0.29, 0.717) is 36.1 Å². The maximum absolute atomic E-state index is 12.8. The average Bonchev–Trinajstić information content (AvgIpc) is 3.49. The minimum absolute atomic E-state index is 0.00246. The molecule has 5 rings (SSSR count). The summed E-state index contributed by atoms with van der Waals surface area (Å²) in [5.74, 6) is 1.50. The summed E-state index contributed by atoms with van der Waals surface area (Å²) in [5.41, 5.74) is 2.44. The van der Waals surface area contributed by atoms with Crippen LogP contribution in [0.15, 0.2) is 35.0 Å². The number of piperidine rings is 1. The van der Waals surface area contributed by atoms with Crippen LogP contribution < -0.4 is 4.74 Å². The molecule has 0 bridgehead atoms. The number of ether oxygens (including phenoxy) is 2. The van der Waals surface area contributed by atoms with E-state index in [-0.39, 0.29) is 12.0 Å². The molecule has 2 saturated heterocycles. The van der Waals surface area contributed by atoms with E-state index in [1.54, 1.807) is 6.92 Å². The summed E-state index contributed by atoms with van der Waals surface area (Å²) < 4.78 is 19.4. The van der Waals surface area contributed by atoms with Crippen molar-refractivity contribution in [3.05, 3.63) is 47.5 Å². The van der Waals surface area contributed by atoms with Gasteiger partial charge in [-0.15, -0.1) is 0 Å². The Morgan fingerprint density at radius 2 is 2.00 bits per heavy atom. The third-order valence-corrected chi connectivity index (χ3v) is 6.29. The minimum Gasteiger partial charge on any atom is -0.490 e. The monoisotopic (exact) mass is 409 g/mol. The second-order valence-corrected chi connectivity index (χ2v) is 8.24. The number of hydrogen-bond acceptors (Lipinski definition) is 5. The van der Waals surface area contributed by atoms with Crippen LogP contribution in [0.1, 0.15) is 47.1 Å². The van der Waals surface area contributed by atoms with Gasteiger partial charge >= 0.3 is 0 Å². The van der Waals surface area contributed by atoms with Crippen LogP contribution in [0.25, 0.3) is 10.9 Å². The maximum atomic E-state index is 12.8. The maximum Gasteiger partial charge on any atom is 0.259 e. The van der Waals surface area contributed by atoms with Gasteiger partial charge in [-0.25, -0.2) is 0 Å². The molecule has 2 aliphatic rings. The van der Waals surface area contributed by atoms with Gasteiger partial charge in [0, 0.05) is 44.1 Å². The highest BCUT2D eigenvalue weighted by Gasteiger charge is 2.28. The van der Waals surface area contributed by atoms with Crippen molar-refractivity contribution in [1.82, 2.24) is 14.6 Å². The van der Waals surface area contributed by atoms with Crippen LogP contribution in [0.5, 0.6) is 5.75 Å². The van der Waals surface area contributed by atoms with Crippen molar-refractivity contribution in [2.24, 2.45) is 0 Å². The van der Waals surface area contributed by atoms with Crippen molar-refractivity contribution in [2.75, 3.05) is 26.3 Å². The summed E-state index contributed by atoms with van der Waals surface area (Å²) in [4.78, 5) is 14.7. The third kappa shape index (κ3) is 3.37. The van der Waals surface area contributed by atoms with Crippen molar-refractivity contribution in [2.45, 2.75) is 45.3 Å². The Labute approximate surface area is 175 Å². The van der Waals surface area contributed by atoms with E-state index >= 15 is 0 Å². The van der Waals surface area contributed by atoms with Crippen molar-refractivity contribution >= 4 is 16.8 Å². The lowest BCUT2D eigenvalue weighted by Crippen LogP contribution is -2.42. The number of carbonyl (C=O) groups is 1. The van der Waals surface area contributed by atoms with E-state index in [1.165, 1.54) is 5.52 Å². The molecule has 0 radical (unpaired) electrons. The lowest BCUT2D eigenvalue weighted by molar-refractivity contribution is 0.0596. The molecule has 0 spiro atoms. The summed E-state index contributed by atoms with van der Waals surface area (Å²) in [7, 11) is 0. The first-order valence-electron chi connectivity index (χ1n) is 10.7. The number of hydrogen-bond donors (Lipinski definition) is 0. The molecule has 2 aliphatic heterocycles. The van der Waals surface area contributed by atoms with E-state index in [0.717, 1.165) is 43.6 Å². The standard InChI is InChI=1S/C23H27N3O4/c1-15-22(16(2)30-24-15)23(27)25-10-6-18(7-11-25)29-21-5-3-4-20-19(21)8-12-26(20)17-9-13-28-14-17/h3-5,8,12,17-18H,6-7,9-11,13-14H2,1-2H3. The third-order valence-electron chi connectivity index (χ3n) is 6.29. The molecule has 0 saturated carbocycles. The zero-order valence-electron chi connectivity index (χ0n) is 17.5. The van der Waals surface area contributed by atoms with E-state index in [4.69, 9.17) is 14.0 Å². The van der Waals surface area contributed by atoms with Crippen LogP contribution in [0.4, 0.5) is 0 Å². The predicted octanol–water partition coefficient (Wildman–Crippen LogP) is 3.89. The summed E-state index contributed by atoms with van der Waals surface area (Å²) in [6.45, 7) is 6.53. The molecule has 2 fully saturated rings. The molecule has 7 nitrogen and oxygen atoms in total. The van der Waals surface area contributed by atoms with Crippen LogP contribution in [-0.4, -0.2) is 52.9 Å². The second-order valence-electron chi connectivity index (χ2n) is 8.24. The van der Waals surface area contributed by atoms with Gasteiger partial charge in [0.25, 0.3) is 5.91 Å². The van der Waals surface area contributed by atoms with Gasteiger partial charge in [0.1, 0.15) is 23.2 Å². The Morgan fingerprint density at radius 3 is 2.70 bits per heavy atom. The van der Waals surface area contributed by atoms with Crippen LogP contribution in [0, 0.1) is 13.8 Å². The lowest BCUT2D eigenvalue weighted by Gasteiger charge is -2.32. The van der Waals surface area contributed by atoms with E-state index < -0.39 is 0 Å². The minimum atomic E-state index is 0.00246. The number of aryl methyl sites for hydroxylation is 2. The zero-order chi connectivity index (χ0) is 20.7. The van der Waals surface area contributed by atoms with Gasteiger partial charge in [-0.3, -0.25) is 4.79 Å². The number of amides is 1. The van der Waals surface area contributed by atoms with E-state index in [2.05, 4.69) is 34.1 Å². The highest BCUT2D eigenvalue weighted by Crippen LogP contribution is 2.32. The molecular weight excluding hydrogens is 382 g/mol. The molecule has 158 valence electrons. The fraction of sp³-hybridized carbons (Fsp3) is 0.478. The normalized spacial score (nSPS) is 20.2. The Hall–Kier alpha value is -2.80. The van der Waals surface area contributed by atoms with Crippen molar-refractivity contribution in [1.29, 1.82) is 0 Å². The Balaban J connectivity index is 1.27. The number of likely N-dealkylation sites (tertiary alicyclic amines) is 1. The molecule has 2 aromatic heterocycles. The largest absolute Gasteiger partial charge is 0.490 e. The number of fused-ring (bicyclic) bond motifs is 1. The van der Waals surface area contributed by atoms with Gasteiger partial charge in [-0.2, -0.15) is 0 Å². The number of rotatable bonds is 4. The SMILES string of the molecule is Cc1noc(C)c1C(=O)N1CCC(Oc2cccc3c2ccn3C2CCOC2)CC1. The first kappa shape index (κ1) is 19.2. The fourth-order valence-corrected chi connectivity index (χ4v) is 4.63. The summed E-state index contributed by atoms with van der Waals surface area (Å²) in [6.07, 6.45) is 4.90. The molecule has 1 atom stereocenters. The van der Waals surface area contributed by atoms with Crippen LogP contribution in [0.3, 0.4) is 0 Å².